The van der Waals surface area contributed by atoms with E-state index in [-0.39, 0.29) is 20.1 Å². The zero-order valence-electron chi connectivity index (χ0n) is 22.2. The van der Waals surface area contributed by atoms with Gasteiger partial charge in [0.15, 0.2) is 11.5 Å². The summed E-state index contributed by atoms with van der Waals surface area (Å²) in [7, 11) is -5.47. The number of nitrogens with zero attached hydrogens (tertiary/aromatic N) is 4. The van der Waals surface area contributed by atoms with Gasteiger partial charge in [-0.05, 0) is 0 Å². The van der Waals surface area contributed by atoms with E-state index in [0.29, 0.717) is 11.5 Å². The van der Waals surface area contributed by atoms with Gasteiger partial charge in [0, 0.05) is 57.5 Å². The van der Waals surface area contributed by atoms with E-state index in [1.807, 2.05) is 0 Å². The second-order valence-electron chi connectivity index (χ2n) is 7.84. The molecular weight excluding hydrogens is 568 g/mol. The Hall–Kier alpha value is 0.460. The fourth-order valence-corrected chi connectivity index (χ4v) is 14.3. The summed E-state index contributed by atoms with van der Waals surface area (Å²) in [6.07, 6.45) is 0. The van der Waals surface area contributed by atoms with Gasteiger partial charge in [0.05, 0.1) is 10.0 Å². The molecule has 0 aliphatic carbocycles. The molecule has 6 nitrogen and oxygen atoms in total. The lowest BCUT2D eigenvalue weighted by molar-refractivity contribution is 0.343. The van der Waals surface area contributed by atoms with Crippen molar-refractivity contribution >= 4 is 66.4 Å². The predicted molar refractivity (Wildman–Crippen MR) is 158 cm³/mol. The van der Waals surface area contributed by atoms with Crippen LogP contribution in [-0.2, 0) is 0 Å². The first-order valence-electron chi connectivity index (χ1n) is 12.5. The molecule has 0 atom stereocenters. The van der Waals surface area contributed by atoms with Gasteiger partial charge in [-0.25, -0.2) is 18.7 Å². The van der Waals surface area contributed by atoms with Crippen LogP contribution in [-0.4, -0.2) is 76.2 Å². The molecular formula is C23H40Cl4N4O2P2. The predicted octanol–water partition coefficient (Wildman–Crippen LogP) is 8.60. The van der Waals surface area contributed by atoms with E-state index in [9.17, 15) is 0 Å². The van der Waals surface area contributed by atoms with Crippen LogP contribution in [0.3, 0.4) is 0 Å². The standard InChI is InChI=1S/C23H40Cl4N4O2P2/c1-9-28(10-2)34(29(11-3)12-4)17-35(30(13-5)14-6,31(15-7)16-8)33-23-21(27)19(25)18(24)20(26)22(23)32-34/h9-16H2,1-8H3. The number of fused-ring (bicyclic) bond motifs is 1. The Kier molecular flexibility index (Phi) is 12.2. The minimum atomic E-state index is -2.74. The number of benzene rings is 1. The summed E-state index contributed by atoms with van der Waals surface area (Å²) in [6, 6.07) is 0. The van der Waals surface area contributed by atoms with Crippen molar-refractivity contribution in [2.45, 2.75) is 55.4 Å². The Balaban J connectivity index is 3.33. The molecule has 0 aromatic heterocycles. The number of hydrogen-bond acceptors (Lipinski definition) is 6. The van der Waals surface area contributed by atoms with Gasteiger partial charge >= 0.3 is 0 Å². The van der Waals surface area contributed by atoms with Crippen molar-refractivity contribution in [1.82, 2.24) is 18.7 Å². The van der Waals surface area contributed by atoms with E-state index in [4.69, 9.17) is 55.5 Å². The molecule has 2 rings (SSSR count). The van der Waals surface area contributed by atoms with Gasteiger partial charge in [-0.2, -0.15) is 0 Å². The molecule has 0 radical (unpaired) electrons. The van der Waals surface area contributed by atoms with Gasteiger partial charge in [0.1, 0.15) is 10.0 Å². The SMILES string of the molecule is CCN(CC)P1(N(CC)CC)=C=P(N(CC)CC)(N(CC)CC)Oc2c(Cl)c(Cl)c(Cl)c(Cl)c2O1. The highest BCUT2D eigenvalue weighted by atomic mass is 35.5. The van der Waals surface area contributed by atoms with Crippen LogP contribution >= 0.6 is 61.2 Å². The molecule has 1 aliphatic rings. The third kappa shape index (κ3) is 5.61. The number of rotatable bonds is 12. The van der Waals surface area contributed by atoms with Crippen molar-refractivity contribution in [1.29, 1.82) is 0 Å². The molecule has 0 saturated carbocycles. The molecule has 0 unspecified atom stereocenters. The van der Waals surface area contributed by atoms with E-state index in [1.54, 1.807) is 0 Å². The zero-order valence-corrected chi connectivity index (χ0v) is 27.0. The summed E-state index contributed by atoms with van der Waals surface area (Å²) in [6.45, 7) is 23.3. The molecule has 0 N–H and O–H groups in total. The molecule has 0 amide bonds. The molecule has 1 aromatic carbocycles. The average Bonchev–Trinajstić information content (AvgIpc) is 3.01. The Morgan fingerprint density at radius 1 is 0.486 bits per heavy atom. The maximum Gasteiger partial charge on any atom is 0.236 e. The van der Waals surface area contributed by atoms with Crippen molar-refractivity contribution in [3.63, 3.8) is 0 Å². The van der Waals surface area contributed by atoms with Crippen LogP contribution in [0.4, 0.5) is 0 Å². The molecule has 0 spiro atoms. The number of halogens is 4. The van der Waals surface area contributed by atoms with Gasteiger partial charge in [-0.15, -0.1) is 0 Å². The van der Waals surface area contributed by atoms with E-state index in [0.717, 1.165) is 52.4 Å². The van der Waals surface area contributed by atoms with E-state index in [2.05, 4.69) is 79.2 Å². The summed E-state index contributed by atoms with van der Waals surface area (Å²) in [5.41, 5.74) is 0. The third-order valence-corrected chi connectivity index (χ3v) is 16.4. The van der Waals surface area contributed by atoms with Crippen LogP contribution in [0.15, 0.2) is 0 Å². The van der Waals surface area contributed by atoms with Crippen molar-refractivity contribution in [2.24, 2.45) is 0 Å². The Bertz CT molecular complexity index is 897. The topological polar surface area (TPSA) is 31.4 Å². The normalized spacial score (nSPS) is 16.6. The van der Waals surface area contributed by atoms with Crippen LogP contribution in [0.1, 0.15) is 55.4 Å². The molecule has 1 aromatic rings. The molecule has 1 heterocycles. The summed E-state index contributed by atoms with van der Waals surface area (Å²) >= 11 is 26.7. The van der Waals surface area contributed by atoms with E-state index in [1.165, 1.54) is 0 Å². The first-order chi connectivity index (χ1) is 16.6. The lowest BCUT2D eigenvalue weighted by Gasteiger charge is -2.43. The van der Waals surface area contributed by atoms with E-state index < -0.39 is 14.8 Å². The van der Waals surface area contributed by atoms with Crippen LogP contribution in [0.2, 0.25) is 20.1 Å². The maximum absolute atomic E-state index is 7.06. The Labute approximate surface area is 232 Å². The first-order valence-corrected chi connectivity index (χ1v) is 17.2. The third-order valence-electron chi connectivity index (χ3n) is 6.33. The minimum Gasteiger partial charge on any atom is -0.437 e. The van der Waals surface area contributed by atoms with Gasteiger partial charge in [0.25, 0.3) is 0 Å². The smallest absolute Gasteiger partial charge is 0.236 e. The average molecular weight is 608 g/mol. The van der Waals surface area contributed by atoms with Crippen molar-refractivity contribution in [3.8, 4) is 11.5 Å². The second kappa shape index (κ2) is 13.5. The van der Waals surface area contributed by atoms with Crippen molar-refractivity contribution in [2.75, 3.05) is 52.4 Å². The maximum atomic E-state index is 7.06. The molecule has 0 bridgehead atoms. The number of hydrogen-bond donors (Lipinski definition) is 0. The largest absolute Gasteiger partial charge is 0.437 e. The lowest BCUT2D eigenvalue weighted by Crippen LogP contribution is -2.37. The summed E-state index contributed by atoms with van der Waals surface area (Å²) < 4.78 is 23.5. The van der Waals surface area contributed by atoms with Gasteiger partial charge in [-0.1, -0.05) is 102 Å². The monoisotopic (exact) mass is 606 g/mol. The Morgan fingerprint density at radius 3 is 0.914 bits per heavy atom. The molecule has 0 saturated heterocycles. The lowest BCUT2D eigenvalue weighted by atomic mass is 10.3. The summed E-state index contributed by atoms with van der Waals surface area (Å²) in [5.74, 6) is 0.679. The van der Waals surface area contributed by atoms with E-state index >= 15 is 0 Å². The quantitative estimate of drug-likeness (QED) is 0.134. The second-order valence-corrected chi connectivity index (χ2v) is 15.0. The zero-order chi connectivity index (χ0) is 26.6. The highest BCUT2D eigenvalue weighted by Gasteiger charge is 2.44. The van der Waals surface area contributed by atoms with Crippen molar-refractivity contribution < 1.29 is 9.05 Å². The molecule has 1 aliphatic heterocycles. The molecule has 12 heteroatoms. The fourth-order valence-electron chi connectivity index (χ4n) is 4.49. The summed E-state index contributed by atoms with van der Waals surface area (Å²) in [5, 5.41) is 4.81. The van der Waals surface area contributed by atoms with Gasteiger partial charge in [0.2, 0.25) is 14.8 Å². The van der Waals surface area contributed by atoms with Crippen LogP contribution in [0, 0.1) is 0 Å². The van der Waals surface area contributed by atoms with Gasteiger partial charge < -0.3 is 9.05 Å². The van der Waals surface area contributed by atoms with Crippen molar-refractivity contribution in [3.05, 3.63) is 20.1 Å². The minimum absolute atomic E-state index is 0.161. The molecule has 35 heavy (non-hydrogen) atoms. The van der Waals surface area contributed by atoms with Crippen LogP contribution in [0.25, 0.3) is 0 Å². The van der Waals surface area contributed by atoms with Gasteiger partial charge in [-0.3, -0.25) is 0 Å². The van der Waals surface area contributed by atoms with Crippen LogP contribution < -0.4 is 9.05 Å². The molecule has 202 valence electrons. The van der Waals surface area contributed by atoms with Crippen LogP contribution in [0.5, 0.6) is 11.5 Å². The molecule has 0 fully saturated rings. The highest BCUT2D eigenvalue weighted by Crippen LogP contribution is 2.68. The summed E-state index contributed by atoms with van der Waals surface area (Å²) in [4.78, 5) is 0. The fraction of sp³-hybridized carbons (Fsp3) is 0.696. The Morgan fingerprint density at radius 2 is 0.714 bits per heavy atom. The first kappa shape index (κ1) is 31.7. The highest BCUT2D eigenvalue weighted by molar-refractivity contribution is 7.80.